The molecule has 0 heterocycles. The number of benzene rings is 1. The Morgan fingerprint density at radius 3 is 1.19 bits per heavy atom. The molecule has 0 saturated carbocycles. The summed E-state index contributed by atoms with van der Waals surface area (Å²) >= 11 is 3.58. The van der Waals surface area contributed by atoms with Gasteiger partial charge in [0, 0.05) is 20.9 Å². The third-order valence-corrected chi connectivity index (χ3v) is 8.55. The molecule has 0 atom stereocenters. The second kappa shape index (κ2) is 18.2. The van der Waals surface area contributed by atoms with Gasteiger partial charge in [0.15, 0.2) is 0 Å². The Kier molecular flexibility index (Phi) is 16.9. The van der Waals surface area contributed by atoms with Gasteiger partial charge in [0.05, 0.1) is 0 Å². The number of phenols is 1. The van der Waals surface area contributed by atoms with Crippen molar-refractivity contribution in [3.63, 3.8) is 0 Å². The molecule has 0 bridgehead atoms. The summed E-state index contributed by atoms with van der Waals surface area (Å²) in [6.07, 6.45) is 28.0. The Morgan fingerprint density at radius 1 is 0.548 bits per heavy atom. The fourth-order valence-corrected chi connectivity index (χ4v) is 6.45. The molecule has 0 amide bonds. The van der Waals surface area contributed by atoms with Crippen molar-refractivity contribution < 1.29 is 5.11 Å². The van der Waals surface area contributed by atoms with Crippen LogP contribution in [-0.2, 0) is 6.42 Å². The number of thioether (sulfide) groups is 2. The number of hydrogen-bond acceptors (Lipinski definition) is 3. The molecule has 31 heavy (non-hydrogen) atoms. The fourth-order valence-electron chi connectivity index (χ4n) is 4.68. The molecule has 1 nitrogen and oxygen atoms in total. The van der Waals surface area contributed by atoms with Gasteiger partial charge in [0.25, 0.3) is 0 Å². The van der Waals surface area contributed by atoms with E-state index in [4.69, 9.17) is 0 Å². The summed E-state index contributed by atoms with van der Waals surface area (Å²) in [5.74, 6) is 0.490. The molecule has 0 fully saturated rings. The highest BCUT2D eigenvalue weighted by Gasteiger charge is 2.18. The zero-order valence-electron chi connectivity index (χ0n) is 21.3. The SMILES string of the molecule is CCCCCCCCCCCCCCCCCCc1c(SC)c(C)c(O)c(C)c1SC. The van der Waals surface area contributed by atoms with Crippen molar-refractivity contribution in [2.24, 2.45) is 0 Å². The van der Waals surface area contributed by atoms with Crippen LogP contribution in [0.25, 0.3) is 0 Å². The second-order valence-electron chi connectivity index (χ2n) is 9.20. The second-order valence-corrected chi connectivity index (χ2v) is 10.8. The third-order valence-electron chi connectivity index (χ3n) is 6.63. The first kappa shape index (κ1) is 28.8. The highest BCUT2D eigenvalue weighted by atomic mass is 32.2. The maximum atomic E-state index is 10.4. The highest BCUT2D eigenvalue weighted by Crippen LogP contribution is 2.41. The molecule has 1 rings (SSSR count). The van der Waals surface area contributed by atoms with Gasteiger partial charge in [-0.2, -0.15) is 0 Å². The van der Waals surface area contributed by atoms with Crippen molar-refractivity contribution in [2.45, 2.75) is 140 Å². The summed E-state index contributed by atoms with van der Waals surface area (Å²) in [6, 6.07) is 0. The van der Waals surface area contributed by atoms with E-state index in [1.807, 2.05) is 0 Å². The molecule has 0 aromatic heterocycles. The number of rotatable bonds is 19. The van der Waals surface area contributed by atoms with E-state index >= 15 is 0 Å². The summed E-state index contributed by atoms with van der Waals surface area (Å²) in [5.41, 5.74) is 3.60. The fraction of sp³-hybridized carbons (Fsp3) is 0.786. The van der Waals surface area contributed by atoms with Crippen molar-refractivity contribution >= 4 is 23.5 Å². The molecule has 3 heteroatoms. The van der Waals surface area contributed by atoms with Crippen LogP contribution in [0.15, 0.2) is 9.79 Å². The van der Waals surface area contributed by atoms with Gasteiger partial charge < -0.3 is 5.11 Å². The molecule has 1 aromatic rings. The lowest BCUT2D eigenvalue weighted by atomic mass is 9.99. The summed E-state index contributed by atoms with van der Waals surface area (Å²) in [4.78, 5) is 2.60. The normalized spacial score (nSPS) is 11.4. The minimum Gasteiger partial charge on any atom is -0.507 e. The molecule has 0 spiro atoms. The van der Waals surface area contributed by atoms with Crippen LogP contribution >= 0.6 is 23.5 Å². The Morgan fingerprint density at radius 2 is 0.871 bits per heavy atom. The van der Waals surface area contributed by atoms with Crippen molar-refractivity contribution in [1.82, 2.24) is 0 Å². The van der Waals surface area contributed by atoms with Gasteiger partial charge in [-0.05, 0) is 44.8 Å². The van der Waals surface area contributed by atoms with E-state index in [-0.39, 0.29) is 0 Å². The van der Waals surface area contributed by atoms with Gasteiger partial charge in [0.2, 0.25) is 0 Å². The molecule has 180 valence electrons. The van der Waals surface area contributed by atoms with Crippen molar-refractivity contribution in [1.29, 1.82) is 0 Å². The highest BCUT2D eigenvalue weighted by molar-refractivity contribution is 7.99. The zero-order chi connectivity index (χ0) is 22.9. The quantitative estimate of drug-likeness (QED) is 0.162. The van der Waals surface area contributed by atoms with Gasteiger partial charge in [-0.3, -0.25) is 0 Å². The smallest absolute Gasteiger partial charge is 0.123 e. The number of unbranched alkanes of at least 4 members (excludes halogenated alkanes) is 15. The Hall–Kier alpha value is -0.280. The Labute approximate surface area is 203 Å². The van der Waals surface area contributed by atoms with Crippen LogP contribution in [-0.4, -0.2) is 17.6 Å². The van der Waals surface area contributed by atoms with Crippen molar-refractivity contribution in [2.75, 3.05) is 12.5 Å². The van der Waals surface area contributed by atoms with E-state index in [9.17, 15) is 5.11 Å². The van der Waals surface area contributed by atoms with E-state index in [1.54, 1.807) is 23.5 Å². The number of hydrogen-bond donors (Lipinski definition) is 1. The lowest BCUT2D eigenvalue weighted by molar-refractivity contribution is 0.461. The van der Waals surface area contributed by atoms with E-state index in [1.165, 1.54) is 118 Å². The van der Waals surface area contributed by atoms with Crippen LogP contribution in [0.5, 0.6) is 5.75 Å². The standard InChI is InChI=1S/C28H50OS2/c1-6-7-8-9-10-11-12-13-14-15-16-17-18-19-20-21-22-25-27(30-4)23(2)26(29)24(3)28(25)31-5/h29H,6-22H2,1-5H3. The summed E-state index contributed by atoms with van der Waals surface area (Å²) in [5, 5.41) is 10.4. The summed E-state index contributed by atoms with van der Waals surface area (Å²) < 4.78 is 0. The number of aromatic hydroxyl groups is 1. The molecule has 0 aliphatic heterocycles. The molecular weight excluding hydrogens is 416 g/mol. The molecular formula is C28H50OS2. The third kappa shape index (κ3) is 10.9. The maximum Gasteiger partial charge on any atom is 0.123 e. The van der Waals surface area contributed by atoms with E-state index in [0.29, 0.717) is 5.75 Å². The summed E-state index contributed by atoms with van der Waals surface area (Å²) in [6.45, 7) is 6.42. The van der Waals surface area contributed by atoms with E-state index < -0.39 is 0 Å². The topological polar surface area (TPSA) is 20.2 Å². The molecule has 0 unspecified atom stereocenters. The van der Waals surface area contributed by atoms with Crippen LogP contribution in [0.3, 0.4) is 0 Å². The Balaban J connectivity index is 2.11. The minimum absolute atomic E-state index is 0.490. The van der Waals surface area contributed by atoms with Gasteiger partial charge >= 0.3 is 0 Å². The molecule has 1 aromatic carbocycles. The zero-order valence-corrected chi connectivity index (χ0v) is 22.9. The molecule has 0 aliphatic rings. The van der Waals surface area contributed by atoms with E-state index in [0.717, 1.165) is 17.5 Å². The van der Waals surface area contributed by atoms with Crippen LogP contribution in [0.1, 0.15) is 126 Å². The first-order valence-electron chi connectivity index (χ1n) is 13.0. The lowest BCUT2D eigenvalue weighted by Crippen LogP contribution is -1.99. The van der Waals surface area contributed by atoms with Crippen molar-refractivity contribution in [3.05, 3.63) is 16.7 Å². The molecule has 0 aliphatic carbocycles. The maximum absolute atomic E-state index is 10.4. The van der Waals surface area contributed by atoms with Crippen LogP contribution in [0.2, 0.25) is 0 Å². The van der Waals surface area contributed by atoms with Crippen LogP contribution < -0.4 is 0 Å². The Bertz CT molecular complexity index is 566. The van der Waals surface area contributed by atoms with Crippen LogP contribution in [0, 0.1) is 13.8 Å². The monoisotopic (exact) mass is 466 g/mol. The average Bonchev–Trinajstić information content (AvgIpc) is 2.77. The van der Waals surface area contributed by atoms with Gasteiger partial charge in [-0.1, -0.05) is 103 Å². The predicted molar refractivity (Wildman–Crippen MR) is 144 cm³/mol. The van der Waals surface area contributed by atoms with E-state index in [2.05, 4.69) is 33.3 Å². The first-order chi connectivity index (χ1) is 15.1. The molecule has 0 saturated heterocycles. The predicted octanol–water partition coefficient (Wildman–Crippen LogP) is 10.3. The molecule has 0 radical (unpaired) electrons. The lowest BCUT2D eigenvalue weighted by Gasteiger charge is -2.19. The minimum atomic E-state index is 0.490. The van der Waals surface area contributed by atoms with Gasteiger partial charge in [0.1, 0.15) is 5.75 Å². The van der Waals surface area contributed by atoms with Crippen molar-refractivity contribution in [3.8, 4) is 5.75 Å². The van der Waals surface area contributed by atoms with Crippen LogP contribution in [0.4, 0.5) is 0 Å². The summed E-state index contributed by atoms with van der Waals surface area (Å²) in [7, 11) is 0. The molecule has 1 N–H and O–H groups in total. The van der Waals surface area contributed by atoms with Gasteiger partial charge in [-0.15, -0.1) is 23.5 Å². The average molecular weight is 467 g/mol. The first-order valence-corrected chi connectivity index (χ1v) is 15.5. The number of phenolic OH excluding ortho intramolecular Hbond substituents is 1. The van der Waals surface area contributed by atoms with Gasteiger partial charge in [-0.25, -0.2) is 0 Å². The largest absolute Gasteiger partial charge is 0.507 e.